The van der Waals surface area contributed by atoms with Crippen molar-refractivity contribution in [2.45, 2.75) is 42.9 Å². The number of nitrogens with two attached hydrogens (primary N) is 1. The summed E-state index contributed by atoms with van der Waals surface area (Å²) in [5.41, 5.74) is 6.28. The van der Waals surface area contributed by atoms with E-state index in [1.165, 1.54) is 10.6 Å². The molecule has 20 heavy (non-hydrogen) atoms. The van der Waals surface area contributed by atoms with E-state index in [0.29, 0.717) is 22.2 Å². The zero-order valence-corrected chi connectivity index (χ0v) is 12.2. The Bertz CT molecular complexity index is 650. The lowest BCUT2D eigenvalue weighted by Crippen LogP contribution is -2.17. The third-order valence-corrected chi connectivity index (χ3v) is 3.98. The summed E-state index contributed by atoms with van der Waals surface area (Å²) >= 11 is 1.12. The van der Waals surface area contributed by atoms with Crippen molar-refractivity contribution in [2.75, 3.05) is 0 Å². The Balaban J connectivity index is 2.42. The van der Waals surface area contributed by atoms with Crippen LogP contribution in [0.5, 0.6) is 0 Å². The molecule has 0 unspecified atom stereocenters. The van der Waals surface area contributed by atoms with Gasteiger partial charge in [-0.1, -0.05) is 19.1 Å². The van der Waals surface area contributed by atoms with Gasteiger partial charge >= 0.3 is 5.69 Å². The largest absolute Gasteiger partial charge is 0.343 e. The number of nitrogens with one attached hydrogen (secondary N) is 1. The van der Waals surface area contributed by atoms with Crippen molar-refractivity contribution in [1.29, 1.82) is 0 Å². The smallest absolute Gasteiger partial charge is 0.324 e. The van der Waals surface area contributed by atoms with Crippen LogP contribution < -0.4 is 11.4 Å². The van der Waals surface area contributed by atoms with Crippen molar-refractivity contribution in [1.82, 2.24) is 14.8 Å². The van der Waals surface area contributed by atoms with Crippen LogP contribution in [0.4, 0.5) is 4.39 Å². The Hall–Kier alpha value is -1.60. The Morgan fingerprint density at radius 1 is 1.55 bits per heavy atom. The third kappa shape index (κ3) is 2.94. The highest BCUT2D eigenvalue weighted by Gasteiger charge is 2.17. The zero-order valence-electron chi connectivity index (χ0n) is 11.4. The lowest BCUT2D eigenvalue weighted by Gasteiger charge is -2.12. The molecule has 0 radical (unpaired) electrons. The Morgan fingerprint density at radius 3 is 2.95 bits per heavy atom. The topological polar surface area (TPSA) is 76.7 Å². The normalized spacial score (nSPS) is 12.6. The van der Waals surface area contributed by atoms with E-state index < -0.39 is 0 Å². The first-order chi connectivity index (χ1) is 9.54. The second-order valence-electron chi connectivity index (χ2n) is 4.51. The molecule has 108 valence electrons. The highest BCUT2D eigenvalue weighted by atomic mass is 32.2. The summed E-state index contributed by atoms with van der Waals surface area (Å²) in [6, 6.07) is 4.49. The van der Waals surface area contributed by atoms with Crippen molar-refractivity contribution in [3.63, 3.8) is 0 Å². The standard InChI is InChI=1S/C13H17FN4OS/c1-3-7-18-12(19)16-17-13(18)20-11-9(8(2)15)5-4-6-10(11)14/h4-6,8H,3,7,15H2,1-2H3,(H,16,19)/t8-/m0/s1. The van der Waals surface area contributed by atoms with Gasteiger partial charge in [-0.2, -0.15) is 0 Å². The molecule has 2 aromatic rings. The number of hydrogen-bond donors (Lipinski definition) is 2. The van der Waals surface area contributed by atoms with E-state index in [1.807, 2.05) is 6.92 Å². The van der Waals surface area contributed by atoms with E-state index in [1.54, 1.807) is 19.1 Å². The van der Waals surface area contributed by atoms with E-state index in [9.17, 15) is 9.18 Å². The number of nitrogens with zero attached hydrogens (tertiary/aromatic N) is 2. The predicted molar refractivity (Wildman–Crippen MR) is 76.3 cm³/mol. The van der Waals surface area contributed by atoms with Crippen LogP contribution in [0, 0.1) is 5.82 Å². The second-order valence-corrected chi connectivity index (χ2v) is 5.49. The van der Waals surface area contributed by atoms with Gasteiger partial charge in [0.2, 0.25) is 0 Å². The summed E-state index contributed by atoms with van der Waals surface area (Å²) in [6.07, 6.45) is 0.796. The van der Waals surface area contributed by atoms with Crippen LogP contribution in [0.2, 0.25) is 0 Å². The van der Waals surface area contributed by atoms with Gasteiger partial charge in [0.1, 0.15) is 5.82 Å². The summed E-state index contributed by atoms with van der Waals surface area (Å²) in [7, 11) is 0. The molecule has 0 bridgehead atoms. The Kier molecular flexibility index (Phi) is 4.61. The first-order valence-corrected chi connectivity index (χ1v) is 7.23. The SMILES string of the molecule is CCCn1c(Sc2c(F)cccc2[C@H](C)N)n[nH]c1=O. The maximum Gasteiger partial charge on any atom is 0.343 e. The molecule has 1 heterocycles. The van der Waals surface area contributed by atoms with E-state index in [0.717, 1.165) is 18.2 Å². The van der Waals surface area contributed by atoms with Crippen molar-refractivity contribution in [3.05, 3.63) is 40.1 Å². The number of H-pyrrole nitrogens is 1. The minimum Gasteiger partial charge on any atom is -0.324 e. The van der Waals surface area contributed by atoms with Gasteiger partial charge in [-0.15, -0.1) is 5.10 Å². The fourth-order valence-electron chi connectivity index (χ4n) is 1.88. The van der Waals surface area contributed by atoms with Gasteiger partial charge in [0.15, 0.2) is 5.16 Å². The molecule has 0 aliphatic rings. The number of aromatic nitrogens is 3. The van der Waals surface area contributed by atoms with Crippen LogP contribution >= 0.6 is 11.8 Å². The minimum absolute atomic E-state index is 0.284. The molecule has 0 saturated heterocycles. The van der Waals surface area contributed by atoms with Crippen molar-refractivity contribution < 1.29 is 4.39 Å². The molecule has 2 rings (SSSR count). The quantitative estimate of drug-likeness (QED) is 0.887. The maximum atomic E-state index is 14.0. The molecular weight excluding hydrogens is 279 g/mol. The molecule has 0 fully saturated rings. The molecule has 3 N–H and O–H groups in total. The van der Waals surface area contributed by atoms with E-state index in [2.05, 4.69) is 10.2 Å². The van der Waals surface area contributed by atoms with Gasteiger partial charge in [0.05, 0.1) is 4.90 Å². The van der Waals surface area contributed by atoms with E-state index >= 15 is 0 Å². The van der Waals surface area contributed by atoms with Crippen LogP contribution in [0.3, 0.4) is 0 Å². The molecule has 1 aromatic carbocycles. The molecule has 7 heteroatoms. The predicted octanol–water partition coefficient (Wildman–Crippen LogP) is 2.29. The first kappa shape index (κ1) is 14.8. The van der Waals surface area contributed by atoms with E-state index in [-0.39, 0.29) is 17.5 Å². The van der Waals surface area contributed by atoms with Crippen LogP contribution in [0.1, 0.15) is 31.9 Å². The van der Waals surface area contributed by atoms with E-state index in [4.69, 9.17) is 5.73 Å². The summed E-state index contributed by atoms with van der Waals surface area (Å²) in [5.74, 6) is -0.358. The van der Waals surface area contributed by atoms with Crippen molar-refractivity contribution in [2.24, 2.45) is 5.73 Å². The highest BCUT2D eigenvalue weighted by molar-refractivity contribution is 7.99. The summed E-state index contributed by atoms with van der Waals surface area (Å²) < 4.78 is 15.5. The molecule has 1 aromatic heterocycles. The van der Waals surface area contributed by atoms with Gasteiger partial charge in [0.25, 0.3) is 0 Å². The molecular formula is C13H17FN4OS. The molecule has 0 saturated carbocycles. The molecule has 0 amide bonds. The molecule has 0 aliphatic carbocycles. The van der Waals surface area contributed by atoms with Crippen LogP contribution in [-0.2, 0) is 6.54 Å². The lowest BCUT2D eigenvalue weighted by atomic mass is 10.1. The Labute approximate surface area is 120 Å². The lowest BCUT2D eigenvalue weighted by molar-refractivity contribution is 0.585. The third-order valence-electron chi connectivity index (χ3n) is 2.85. The number of hydrogen-bond acceptors (Lipinski definition) is 4. The molecule has 1 atom stereocenters. The van der Waals surface area contributed by atoms with Gasteiger partial charge in [-0.05, 0) is 36.7 Å². The zero-order chi connectivity index (χ0) is 14.7. The van der Waals surface area contributed by atoms with Gasteiger partial charge in [0, 0.05) is 12.6 Å². The number of rotatable bonds is 5. The number of halogens is 1. The summed E-state index contributed by atoms with van der Waals surface area (Å²) in [6.45, 7) is 4.30. The number of benzene rings is 1. The van der Waals surface area contributed by atoms with Crippen molar-refractivity contribution in [3.8, 4) is 0 Å². The second kappa shape index (κ2) is 6.23. The van der Waals surface area contributed by atoms with Gasteiger partial charge in [-0.25, -0.2) is 14.3 Å². The van der Waals surface area contributed by atoms with Gasteiger partial charge < -0.3 is 5.73 Å². The molecule has 5 nitrogen and oxygen atoms in total. The van der Waals surface area contributed by atoms with Crippen LogP contribution in [0.15, 0.2) is 33.0 Å². The van der Waals surface area contributed by atoms with Crippen LogP contribution in [0.25, 0.3) is 0 Å². The molecule has 0 aliphatic heterocycles. The average Bonchev–Trinajstić information content (AvgIpc) is 2.74. The average molecular weight is 296 g/mol. The maximum absolute atomic E-state index is 14.0. The monoisotopic (exact) mass is 296 g/mol. The van der Waals surface area contributed by atoms with Crippen molar-refractivity contribution >= 4 is 11.8 Å². The highest BCUT2D eigenvalue weighted by Crippen LogP contribution is 2.33. The number of aromatic amines is 1. The first-order valence-electron chi connectivity index (χ1n) is 6.41. The summed E-state index contributed by atoms with van der Waals surface area (Å²) in [4.78, 5) is 12.1. The fourth-order valence-corrected chi connectivity index (χ4v) is 2.98. The Morgan fingerprint density at radius 2 is 2.30 bits per heavy atom. The summed E-state index contributed by atoms with van der Waals surface area (Å²) in [5, 5.41) is 6.79. The van der Waals surface area contributed by atoms with Crippen LogP contribution in [-0.4, -0.2) is 14.8 Å². The minimum atomic E-state index is -0.358. The van der Waals surface area contributed by atoms with Gasteiger partial charge in [-0.3, -0.25) is 4.57 Å². The molecule has 0 spiro atoms. The fraction of sp³-hybridized carbons (Fsp3) is 0.385.